The number of aryl methyl sites for hydroxylation is 1. The highest BCUT2D eigenvalue weighted by Crippen LogP contribution is 2.36. The molecule has 0 spiro atoms. The number of fused-ring (bicyclic) bond motifs is 1. The van der Waals surface area contributed by atoms with Crippen molar-refractivity contribution in [2.75, 3.05) is 6.61 Å². The molecule has 0 saturated heterocycles. The van der Waals surface area contributed by atoms with Crippen LogP contribution in [0.15, 0.2) is 30.6 Å². The Balaban J connectivity index is 1.40. The molecule has 9 nitrogen and oxygen atoms in total. The maximum atomic E-state index is 11.0. The molecule has 162 valence electrons. The summed E-state index contributed by atoms with van der Waals surface area (Å²) in [6, 6.07) is 8.44. The zero-order chi connectivity index (χ0) is 21.3. The van der Waals surface area contributed by atoms with Crippen LogP contribution >= 0.6 is 0 Å². The van der Waals surface area contributed by atoms with Crippen LogP contribution in [0.4, 0.5) is 0 Å². The first kappa shape index (κ1) is 21.3. The van der Waals surface area contributed by atoms with Gasteiger partial charge in [-0.15, -0.1) is 0 Å². The molecule has 1 fully saturated rings. The highest BCUT2D eigenvalue weighted by Gasteiger charge is 2.42. The van der Waals surface area contributed by atoms with Crippen molar-refractivity contribution < 1.29 is 22.8 Å². The molecule has 2 aliphatic rings. The number of aromatic nitrogens is 3. The van der Waals surface area contributed by atoms with Crippen LogP contribution in [-0.2, 0) is 33.7 Å². The minimum absolute atomic E-state index is 0.267. The van der Waals surface area contributed by atoms with Crippen LogP contribution in [0.5, 0.6) is 0 Å². The van der Waals surface area contributed by atoms with Gasteiger partial charge in [0, 0.05) is 18.8 Å². The van der Waals surface area contributed by atoms with E-state index in [1.807, 2.05) is 0 Å². The summed E-state index contributed by atoms with van der Waals surface area (Å²) in [6.07, 6.45) is 2.99. The minimum Gasteiger partial charge on any atom is -0.390 e. The van der Waals surface area contributed by atoms with Crippen molar-refractivity contribution >= 4 is 10.3 Å². The van der Waals surface area contributed by atoms with Gasteiger partial charge in [0.25, 0.3) is 0 Å². The lowest BCUT2D eigenvalue weighted by atomic mass is 9.97. The summed E-state index contributed by atoms with van der Waals surface area (Å²) in [4.78, 5) is 13.1. The Morgan fingerprint density at radius 2 is 1.77 bits per heavy atom. The molecule has 2 aliphatic carbocycles. The number of hydrogen-bond donors (Lipinski definition) is 3. The SMILES string of the molecule is NS(=O)(=O)OC[C@H]1C[C@@H](Cc2ncnc(C[C@H]3CCc4ccccc43)n2)[C@H](O)[C@@H]1O. The van der Waals surface area contributed by atoms with E-state index in [4.69, 9.17) is 5.14 Å². The molecule has 1 aromatic carbocycles. The van der Waals surface area contributed by atoms with E-state index in [1.54, 1.807) is 0 Å². The molecular weight excluding hydrogens is 408 g/mol. The first-order valence-electron chi connectivity index (χ1n) is 10.1. The van der Waals surface area contributed by atoms with Crippen LogP contribution in [0.25, 0.3) is 0 Å². The van der Waals surface area contributed by atoms with Gasteiger partial charge >= 0.3 is 10.3 Å². The second-order valence-electron chi connectivity index (χ2n) is 8.17. The quantitative estimate of drug-likeness (QED) is 0.562. The zero-order valence-electron chi connectivity index (χ0n) is 16.5. The summed E-state index contributed by atoms with van der Waals surface area (Å²) in [5.41, 5.74) is 2.74. The number of aliphatic hydroxyl groups is 2. The predicted octanol–water partition coefficient (Wildman–Crippen LogP) is 0.265. The molecule has 0 unspecified atom stereocenters. The molecule has 2 aromatic rings. The van der Waals surface area contributed by atoms with Crippen LogP contribution < -0.4 is 5.14 Å². The van der Waals surface area contributed by atoms with Crippen LogP contribution in [0, 0.1) is 11.8 Å². The van der Waals surface area contributed by atoms with Crippen molar-refractivity contribution in [3.63, 3.8) is 0 Å². The number of hydrogen-bond acceptors (Lipinski definition) is 8. The van der Waals surface area contributed by atoms with E-state index >= 15 is 0 Å². The third-order valence-electron chi connectivity index (χ3n) is 6.17. The number of nitrogens with two attached hydrogens (primary N) is 1. The molecule has 0 amide bonds. The van der Waals surface area contributed by atoms with Crippen molar-refractivity contribution in [2.45, 2.75) is 50.2 Å². The molecule has 1 heterocycles. The summed E-state index contributed by atoms with van der Waals surface area (Å²) in [7, 11) is -4.09. The van der Waals surface area contributed by atoms with Crippen LogP contribution in [0.2, 0.25) is 0 Å². The number of aliphatic hydroxyl groups excluding tert-OH is 2. The molecule has 10 heteroatoms. The van der Waals surface area contributed by atoms with E-state index < -0.39 is 28.4 Å². The minimum atomic E-state index is -4.09. The molecular formula is C20H26N4O5S. The smallest absolute Gasteiger partial charge is 0.333 e. The fraction of sp³-hybridized carbons (Fsp3) is 0.550. The standard InChI is InChI=1S/C20H26N4O5S/c21-30(27,28)29-10-15-7-14(19(25)20(15)26)9-18-23-11-22-17(24-18)8-13-6-5-12-3-1-2-4-16(12)13/h1-4,11,13-15,19-20,25-26H,5-10H2,(H2,21,27,28)/t13-,14+,15-,19+,20-/m1/s1. The summed E-state index contributed by atoms with van der Waals surface area (Å²) in [5, 5.41) is 25.4. The normalized spacial score (nSPS) is 28.6. The van der Waals surface area contributed by atoms with E-state index in [9.17, 15) is 18.6 Å². The van der Waals surface area contributed by atoms with Crippen molar-refractivity contribution in [2.24, 2.45) is 17.0 Å². The first-order chi connectivity index (χ1) is 14.3. The van der Waals surface area contributed by atoms with Crippen molar-refractivity contribution in [1.82, 2.24) is 15.0 Å². The lowest BCUT2D eigenvalue weighted by Gasteiger charge is -2.16. The monoisotopic (exact) mass is 434 g/mol. The average Bonchev–Trinajstić information content (AvgIpc) is 3.23. The highest BCUT2D eigenvalue weighted by molar-refractivity contribution is 7.84. The first-order valence-corrected chi connectivity index (χ1v) is 11.5. The van der Waals surface area contributed by atoms with Gasteiger partial charge in [0.05, 0.1) is 18.8 Å². The van der Waals surface area contributed by atoms with Crippen LogP contribution in [-0.4, -0.2) is 52.4 Å². The average molecular weight is 435 g/mol. The van der Waals surface area contributed by atoms with Gasteiger partial charge < -0.3 is 10.2 Å². The number of benzene rings is 1. The maximum Gasteiger partial charge on any atom is 0.333 e. The third-order valence-corrected chi connectivity index (χ3v) is 6.63. The molecule has 0 bridgehead atoms. The van der Waals surface area contributed by atoms with Gasteiger partial charge in [-0.3, -0.25) is 4.18 Å². The van der Waals surface area contributed by atoms with Gasteiger partial charge in [-0.1, -0.05) is 24.3 Å². The lowest BCUT2D eigenvalue weighted by molar-refractivity contribution is -0.00345. The summed E-state index contributed by atoms with van der Waals surface area (Å²) in [6.45, 7) is -0.267. The van der Waals surface area contributed by atoms with E-state index in [-0.39, 0.29) is 12.5 Å². The van der Waals surface area contributed by atoms with Crippen molar-refractivity contribution in [1.29, 1.82) is 0 Å². The summed E-state index contributed by atoms with van der Waals surface area (Å²) in [5.74, 6) is 0.811. The molecule has 0 aliphatic heterocycles. The van der Waals surface area contributed by atoms with E-state index in [1.165, 1.54) is 17.5 Å². The molecule has 30 heavy (non-hydrogen) atoms. The lowest BCUT2D eigenvalue weighted by Crippen LogP contribution is -2.31. The second-order valence-corrected chi connectivity index (χ2v) is 9.40. The fourth-order valence-electron chi connectivity index (χ4n) is 4.66. The molecule has 1 saturated carbocycles. The maximum absolute atomic E-state index is 11.0. The van der Waals surface area contributed by atoms with Gasteiger partial charge in [-0.2, -0.15) is 8.42 Å². The fourth-order valence-corrected chi connectivity index (χ4v) is 5.02. The van der Waals surface area contributed by atoms with E-state index in [0.29, 0.717) is 30.4 Å². The van der Waals surface area contributed by atoms with Gasteiger partial charge in [-0.05, 0) is 42.2 Å². The number of nitrogens with zero attached hydrogens (tertiary/aromatic N) is 3. The topological polar surface area (TPSA) is 149 Å². The molecule has 5 atom stereocenters. The predicted molar refractivity (Wildman–Crippen MR) is 107 cm³/mol. The number of rotatable bonds is 7. The van der Waals surface area contributed by atoms with Gasteiger partial charge in [-0.25, -0.2) is 20.1 Å². The second kappa shape index (κ2) is 8.64. The Labute approximate surface area is 175 Å². The van der Waals surface area contributed by atoms with Crippen LogP contribution in [0.1, 0.15) is 41.5 Å². The Morgan fingerprint density at radius 1 is 1.07 bits per heavy atom. The highest BCUT2D eigenvalue weighted by atomic mass is 32.2. The molecule has 0 radical (unpaired) electrons. The summed E-state index contributed by atoms with van der Waals surface area (Å²) >= 11 is 0. The van der Waals surface area contributed by atoms with E-state index in [2.05, 4.69) is 43.4 Å². The van der Waals surface area contributed by atoms with Crippen molar-refractivity contribution in [3.05, 3.63) is 53.4 Å². The third kappa shape index (κ3) is 4.84. The Bertz CT molecular complexity index is 1000. The molecule has 4 N–H and O–H groups in total. The Morgan fingerprint density at radius 3 is 2.53 bits per heavy atom. The molecule has 1 aromatic heterocycles. The van der Waals surface area contributed by atoms with Crippen molar-refractivity contribution in [3.8, 4) is 0 Å². The molecule has 4 rings (SSSR count). The van der Waals surface area contributed by atoms with Gasteiger partial charge in [0.1, 0.15) is 18.0 Å². The van der Waals surface area contributed by atoms with Gasteiger partial charge in [0.15, 0.2) is 0 Å². The van der Waals surface area contributed by atoms with E-state index in [0.717, 1.165) is 19.3 Å². The van der Waals surface area contributed by atoms with Crippen LogP contribution in [0.3, 0.4) is 0 Å². The van der Waals surface area contributed by atoms with Gasteiger partial charge in [0.2, 0.25) is 0 Å². The Kier molecular flexibility index (Phi) is 6.12. The Hall–Kier alpha value is -1.98. The zero-order valence-corrected chi connectivity index (χ0v) is 17.3. The summed E-state index contributed by atoms with van der Waals surface area (Å²) < 4.78 is 26.6. The largest absolute Gasteiger partial charge is 0.390 e.